The SMILES string of the molecule is C=C(C)CNC(N)=NCc1ccc(C#N)cc1F. The van der Waals surface area contributed by atoms with Crippen molar-refractivity contribution in [2.75, 3.05) is 6.54 Å². The van der Waals surface area contributed by atoms with Crippen LogP contribution >= 0.6 is 0 Å². The molecule has 0 atom stereocenters. The quantitative estimate of drug-likeness (QED) is 0.482. The minimum Gasteiger partial charge on any atom is -0.370 e. The topological polar surface area (TPSA) is 74.2 Å². The normalized spacial score (nSPS) is 10.8. The fraction of sp³-hybridized carbons (Fsp3) is 0.231. The average Bonchev–Trinajstić information content (AvgIpc) is 2.34. The molecule has 4 nitrogen and oxygen atoms in total. The van der Waals surface area contributed by atoms with Crippen LogP contribution in [0.25, 0.3) is 0 Å². The fourth-order valence-electron chi connectivity index (χ4n) is 1.21. The van der Waals surface area contributed by atoms with Crippen LogP contribution in [0.4, 0.5) is 4.39 Å². The van der Waals surface area contributed by atoms with E-state index in [1.807, 2.05) is 13.0 Å². The summed E-state index contributed by atoms with van der Waals surface area (Å²) in [5.74, 6) is -0.215. The van der Waals surface area contributed by atoms with Crippen molar-refractivity contribution in [3.8, 4) is 6.07 Å². The molecule has 0 unspecified atom stereocenters. The summed E-state index contributed by atoms with van der Waals surface area (Å²) >= 11 is 0. The molecule has 0 aliphatic heterocycles. The van der Waals surface area contributed by atoms with Crippen LogP contribution in [0, 0.1) is 17.1 Å². The van der Waals surface area contributed by atoms with E-state index < -0.39 is 5.82 Å². The van der Waals surface area contributed by atoms with Crippen molar-refractivity contribution in [1.82, 2.24) is 5.32 Å². The lowest BCUT2D eigenvalue weighted by Crippen LogP contribution is -2.32. The second-order valence-corrected chi connectivity index (χ2v) is 3.93. The maximum Gasteiger partial charge on any atom is 0.189 e. The second-order valence-electron chi connectivity index (χ2n) is 3.93. The number of hydrogen-bond donors (Lipinski definition) is 2. The number of nitrogens with zero attached hydrogens (tertiary/aromatic N) is 2. The number of benzene rings is 1. The molecular weight excluding hydrogens is 231 g/mol. The van der Waals surface area contributed by atoms with Gasteiger partial charge >= 0.3 is 0 Å². The maximum atomic E-state index is 13.5. The maximum absolute atomic E-state index is 13.5. The van der Waals surface area contributed by atoms with Gasteiger partial charge in [0.25, 0.3) is 0 Å². The van der Waals surface area contributed by atoms with Gasteiger partial charge in [-0.3, -0.25) is 0 Å². The number of nitriles is 1. The van der Waals surface area contributed by atoms with Gasteiger partial charge in [-0.05, 0) is 19.1 Å². The molecule has 0 bridgehead atoms. The van der Waals surface area contributed by atoms with Crippen molar-refractivity contribution in [2.45, 2.75) is 13.5 Å². The third-order valence-electron chi connectivity index (χ3n) is 2.17. The first-order valence-corrected chi connectivity index (χ1v) is 5.39. The zero-order chi connectivity index (χ0) is 13.5. The van der Waals surface area contributed by atoms with E-state index >= 15 is 0 Å². The Morgan fingerprint density at radius 3 is 2.89 bits per heavy atom. The first kappa shape index (κ1) is 13.7. The van der Waals surface area contributed by atoms with Gasteiger partial charge in [-0.15, -0.1) is 0 Å². The highest BCUT2D eigenvalue weighted by atomic mass is 19.1. The number of guanidine groups is 1. The Labute approximate surface area is 106 Å². The van der Waals surface area contributed by atoms with Crippen LogP contribution in [-0.2, 0) is 6.54 Å². The molecular formula is C13H15FN4. The zero-order valence-corrected chi connectivity index (χ0v) is 10.2. The Balaban J connectivity index is 2.65. The molecule has 94 valence electrons. The Morgan fingerprint density at radius 2 is 2.33 bits per heavy atom. The van der Waals surface area contributed by atoms with Crippen molar-refractivity contribution in [2.24, 2.45) is 10.7 Å². The van der Waals surface area contributed by atoms with E-state index in [1.54, 1.807) is 6.07 Å². The molecule has 0 spiro atoms. The van der Waals surface area contributed by atoms with Crippen molar-refractivity contribution in [3.63, 3.8) is 0 Å². The highest BCUT2D eigenvalue weighted by Crippen LogP contribution is 2.10. The lowest BCUT2D eigenvalue weighted by Gasteiger charge is -2.05. The highest BCUT2D eigenvalue weighted by Gasteiger charge is 2.03. The van der Waals surface area contributed by atoms with E-state index in [4.69, 9.17) is 11.0 Å². The van der Waals surface area contributed by atoms with Crippen molar-refractivity contribution in [3.05, 3.63) is 47.3 Å². The summed E-state index contributed by atoms with van der Waals surface area (Å²) in [5.41, 5.74) is 7.21. The second kappa shape index (κ2) is 6.40. The van der Waals surface area contributed by atoms with Gasteiger partial charge in [-0.2, -0.15) is 5.26 Å². The molecule has 0 radical (unpaired) electrons. The summed E-state index contributed by atoms with van der Waals surface area (Å²) in [4.78, 5) is 4.00. The van der Waals surface area contributed by atoms with E-state index in [-0.39, 0.29) is 18.1 Å². The zero-order valence-electron chi connectivity index (χ0n) is 10.2. The standard InChI is InChI=1S/C13H15FN4/c1-9(2)7-17-13(16)18-8-11-4-3-10(6-15)5-12(11)14/h3-5H,1,7-8H2,2H3,(H3,16,17,18). The fourth-order valence-corrected chi connectivity index (χ4v) is 1.21. The predicted octanol–water partition coefficient (Wildman–Crippen LogP) is 1.68. The molecule has 0 amide bonds. The molecule has 0 fully saturated rings. The third kappa shape index (κ3) is 4.26. The molecule has 1 aromatic rings. The molecule has 3 N–H and O–H groups in total. The van der Waals surface area contributed by atoms with E-state index in [0.29, 0.717) is 12.1 Å². The van der Waals surface area contributed by atoms with Gasteiger partial charge in [0.1, 0.15) is 5.82 Å². The highest BCUT2D eigenvalue weighted by molar-refractivity contribution is 5.78. The number of aliphatic imine (C=N–C) groups is 1. The van der Waals surface area contributed by atoms with Crippen molar-refractivity contribution < 1.29 is 4.39 Å². The lowest BCUT2D eigenvalue weighted by atomic mass is 10.1. The van der Waals surface area contributed by atoms with Crippen LogP contribution in [0.3, 0.4) is 0 Å². The molecule has 1 aromatic carbocycles. The van der Waals surface area contributed by atoms with Crippen LogP contribution < -0.4 is 11.1 Å². The summed E-state index contributed by atoms with van der Waals surface area (Å²) in [6, 6.07) is 6.13. The number of halogens is 1. The number of rotatable bonds is 4. The van der Waals surface area contributed by atoms with Gasteiger partial charge in [0.05, 0.1) is 18.2 Å². The number of nitrogens with two attached hydrogens (primary N) is 1. The van der Waals surface area contributed by atoms with E-state index in [1.165, 1.54) is 12.1 Å². The molecule has 0 saturated heterocycles. The lowest BCUT2D eigenvalue weighted by molar-refractivity contribution is 0.610. The van der Waals surface area contributed by atoms with Gasteiger partial charge in [0.15, 0.2) is 5.96 Å². The van der Waals surface area contributed by atoms with Crippen molar-refractivity contribution in [1.29, 1.82) is 5.26 Å². The minimum atomic E-state index is -0.453. The van der Waals surface area contributed by atoms with Gasteiger partial charge in [-0.1, -0.05) is 18.2 Å². The summed E-state index contributed by atoms with van der Waals surface area (Å²) in [7, 11) is 0. The van der Waals surface area contributed by atoms with Crippen LogP contribution in [0.2, 0.25) is 0 Å². The number of hydrogen-bond acceptors (Lipinski definition) is 2. The summed E-state index contributed by atoms with van der Waals surface area (Å²) in [5, 5.41) is 11.5. The Hall–Kier alpha value is -2.35. The largest absolute Gasteiger partial charge is 0.370 e. The van der Waals surface area contributed by atoms with Crippen LogP contribution in [0.15, 0.2) is 35.3 Å². The molecule has 0 aliphatic carbocycles. The van der Waals surface area contributed by atoms with Crippen LogP contribution in [-0.4, -0.2) is 12.5 Å². The molecule has 5 heteroatoms. The van der Waals surface area contributed by atoms with E-state index in [2.05, 4.69) is 16.9 Å². The van der Waals surface area contributed by atoms with Gasteiger partial charge < -0.3 is 11.1 Å². The van der Waals surface area contributed by atoms with Crippen molar-refractivity contribution >= 4 is 5.96 Å². The first-order chi connectivity index (χ1) is 8.52. The smallest absolute Gasteiger partial charge is 0.189 e. The molecule has 0 saturated carbocycles. The molecule has 0 heterocycles. The third-order valence-corrected chi connectivity index (χ3v) is 2.17. The monoisotopic (exact) mass is 246 g/mol. The summed E-state index contributed by atoms with van der Waals surface area (Å²) < 4.78 is 13.5. The predicted molar refractivity (Wildman–Crippen MR) is 69.3 cm³/mol. The Kier molecular flexibility index (Phi) is 4.88. The molecule has 1 rings (SSSR count). The van der Waals surface area contributed by atoms with Gasteiger partial charge in [0.2, 0.25) is 0 Å². The Bertz CT molecular complexity index is 514. The van der Waals surface area contributed by atoms with E-state index in [9.17, 15) is 4.39 Å². The summed E-state index contributed by atoms with van der Waals surface area (Å²) in [6.07, 6.45) is 0. The van der Waals surface area contributed by atoms with E-state index in [0.717, 1.165) is 5.57 Å². The molecule has 0 aliphatic rings. The van der Waals surface area contributed by atoms with Gasteiger partial charge in [-0.25, -0.2) is 9.38 Å². The van der Waals surface area contributed by atoms with Crippen LogP contribution in [0.5, 0.6) is 0 Å². The Morgan fingerprint density at radius 1 is 1.61 bits per heavy atom. The molecule has 18 heavy (non-hydrogen) atoms. The summed E-state index contributed by atoms with van der Waals surface area (Å²) in [6.45, 7) is 6.24. The van der Waals surface area contributed by atoms with Crippen LogP contribution in [0.1, 0.15) is 18.1 Å². The average molecular weight is 246 g/mol. The van der Waals surface area contributed by atoms with Gasteiger partial charge in [0, 0.05) is 12.1 Å². The number of nitrogens with one attached hydrogen (secondary N) is 1. The first-order valence-electron chi connectivity index (χ1n) is 5.39. The minimum absolute atomic E-state index is 0.132. The molecule has 0 aromatic heterocycles.